The zero-order valence-corrected chi connectivity index (χ0v) is 8.14. The molecule has 0 aliphatic heterocycles. The van der Waals surface area contributed by atoms with Crippen LogP contribution < -0.4 is 10.2 Å². The molecule has 0 unspecified atom stereocenters. The van der Waals surface area contributed by atoms with Gasteiger partial charge in [-0.05, 0) is 31.4 Å². The van der Waals surface area contributed by atoms with E-state index in [-0.39, 0.29) is 6.42 Å². The number of unbranched alkanes of at least 4 members (excludes halogenated alkanes) is 2. The molecule has 0 spiro atoms. The quantitative estimate of drug-likeness (QED) is 0.257. The van der Waals surface area contributed by atoms with Gasteiger partial charge in [-0.3, -0.25) is 0 Å². The predicted octanol–water partition coefficient (Wildman–Crippen LogP) is -0.818. The molecule has 84 valence electrons. The van der Waals surface area contributed by atoms with Gasteiger partial charge in [0.2, 0.25) is 0 Å². The van der Waals surface area contributed by atoms with E-state index < -0.39 is 17.7 Å². The molecule has 0 saturated heterocycles. The number of aliphatic carboxylic acids is 2. The van der Waals surface area contributed by atoms with Gasteiger partial charge in [-0.25, -0.2) is 4.79 Å². The molecular weight excluding hydrogens is 200 g/mol. The van der Waals surface area contributed by atoms with Crippen LogP contribution in [-0.4, -0.2) is 17.0 Å². The van der Waals surface area contributed by atoms with Gasteiger partial charge >= 0.3 is 5.97 Å². The second-order valence-corrected chi connectivity index (χ2v) is 2.88. The predicted molar refractivity (Wildman–Crippen MR) is 48.3 cm³/mol. The molecule has 0 aliphatic rings. The molecule has 15 heavy (non-hydrogen) atoms. The van der Waals surface area contributed by atoms with Crippen molar-refractivity contribution >= 4 is 11.9 Å². The van der Waals surface area contributed by atoms with E-state index in [1.807, 2.05) is 0 Å². The third-order valence-electron chi connectivity index (χ3n) is 1.60. The van der Waals surface area contributed by atoms with Crippen LogP contribution in [-0.2, 0) is 9.59 Å². The van der Waals surface area contributed by atoms with Crippen LogP contribution in [0, 0.1) is 0 Å². The minimum Gasteiger partial charge on any atom is -0.868 e. The van der Waals surface area contributed by atoms with Gasteiger partial charge in [-0.2, -0.15) is 0 Å². The Bertz CT molecular complexity index is 278. The normalized spacial score (nSPS) is 11.9. The summed E-state index contributed by atoms with van der Waals surface area (Å²) in [7, 11) is 0. The molecule has 0 rings (SSSR count). The average Bonchev–Trinajstić information content (AvgIpc) is 2.15. The van der Waals surface area contributed by atoms with Gasteiger partial charge in [0, 0.05) is 5.97 Å². The van der Waals surface area contributed by atoms with Crippen LogP contribution in [0.3, 0.4) is 0 Å². The fourth-order valence-corrected chi connectivity index (χ4v) is 0.854. The first-order valence-corrected chi connectivity index (χ1v) is 4.51. The molecule has 0 aliphatic carbocycles. The van der Waals surface area contributed by atoms with Crippen molar-refractivity contribution in [2.75, 3.05) is 0 Å². The summed E-state index contributed by atoms with van der Waals surface area (Å²) in [6.07, 6.45) is 5.74. The molecule has 5 nitrogen and oxygen atoms in total. The highest BCUT2D eigenvalue weighted by molar-refractivity contribution is 5.83. The number of allylic oxidation sites excluding steroid dienone is 3. The summed E-state index contributed by atoms with van der Waals surface area (Å²) in [5.41, 5.74) is 0. The van der Waals surface area contributed by atoms with E-state index in [0.717, 1.165) is 6.08 Å². The largest absolute Gasteiger partial charge is 0.868 e. The Labute approximate surface area is 87.4 Å². The maximum Gasteiger partial charge on any atom is 0.320 e. The molecule has 0 atom stereocenters. The first-order chi connectivity index (χ1) is 7.04. The van der Waals surface area contributed by atoms with Crippen LogP contribution in [0.15, 0.2) is 24.0 Å². The van der Waals surface area contributed by atoms with Crippen LogP contribution in [0.4, 0.5) is 0 Å². The number of hydrogen-bond donors (Lipinski definition) is 1. The Morgan fingerprint density at radius 2 is 1.87 bits per heavy atom. The number of carboxylic acids is 2. The smallest absolute Gasteiger partial charge is 0.320 e. The number of carbonyl (C=O) groups excluding carboxylic acids is 1. The standard InChI is InChI=1S/C10H14O5/c11-8(10(14)15)6-4-2-1-3-5-7-9(12)13/h2,4,6,11H,1,3,5,7H2,(H,12,13)(H,14,15)/p-2/b4-2+,8-6+. The summed E-state index contributed by atoms with van der Waals surface area (Å²) >= 11 is 0. The first kappa shape index (κ1) is 13.2. The lowest BCUT2D eigenvalue weighted by atomic mass is 10.2. The van der Waals surface area contributed by atoms with E-state index >= 15 is 0 Å². The van der Waals surface area contributed by atoms with Crippen molar-refractivity contribution in [3.63, 3.8) is 0 Å². The maximum absolute atomic E-state index is 10.5. The van der Waals surface area contributed by atoms with Gasteiger partial charge in [0.05, 0.1) is 0 Å². The lowest BCUT2D eigenvalue weighted by Gasteiger charge is -2.01. The van der Waals surface area contributed by atoms with E-state index in [9.17, 15) is 19.8 Å². The number of carboxylic acid groups (broad SMARTS) is 2. The highest BCUT2D eigenvalue weighted by Crippen LogP contribution is 2.00. The molecule has 0 saturated carbocycles. The van der Waals surface area contributed by atoms with Crippen molar-refractivity contribution in [2.45, 2.75) is 25.7 Å². The summed E-state index contributed by atoms with van der Waals surface area (Å²) in [4.78, 5) is 20.1. The Balaban J connectivity index is 3.59. The SMILES string of the molecule is O=C([O-])CCCC/C=C/C=C(/[O-])C(=O)O. The average molecular weight is 212 g/mol. The summed E-state index contributed by atoms with van der Waals surface area (Å²) in [6.45, 7) is 0. The highest BCUT2D eigenvalue weighted by atomic mass is 16.4. The van der Waals surface area contributed by atoms with E-state index in [1.54, 1.807) is 6.08 Å². The van der Waals surface area contributed by atoms with Crippen LogP contribution in [0.5, 0.6) is 0 Å². The Hall–Kier alpha value is -1.78. The summed E-state index contributed by atoms with van der Waals surface area (Å²) in [5.74, 6) is -3.54. The van der Waals surface area contributed by atoms with Crippen LogP contribution >= 0.6 is 0 Å². The van der Waals surface area contributed by atoms with Crippen molar-refractivity contribution in [1.82, 2.24) is 0 Å². The van der Waals surface area contributed by atoms with Crippen LogP contribution in [0.25, 0.3) is 0 Å². The van der Waals surface area contributed by atoms with Gasteiger partial charge < -0.3 is 20.1 Å². The van der Waals surface area contributed by atoms with E-state index in [0.29, 0.717) is 19.3 Å². The second-order valence-electron chi connectivity index (χ2n) is 2.88. The van der Waals surface area contributed by atoms with E-state index in [4.69, 9.17) is 5.11 Å². The van der Waals surface area contributed by atoms with Crippen molar-refractivity contribution in [3.05, 3.63) is 24.0 Å². The molecule has 0 radical (unpaired) electrons. The second kappa shape index (κ2) is 7.61. The number of rotatable bonds is 7. The summed E-state index contributed by atoms with van der Waals surface area (Å²) in [5, 5.41) is 28.7. The zero-order chi connectivity index (χ0) is 11.7. The molecule has 0 amide bonds. The monoisotopic (exact) mass is 212 g/mol. The summed E-state index contributed by atoms with van der Waals surface area (Å²) in [6, 6.07) is 0. The number of hydrogen-bond acceptors (Lipinski definition) is 4. The lowest BCUT2D eigenvalue weighted by Crippen LogP contribution is -2.21. The molecule has 1 N–H and O–H groups in total. The lowest BCUT2D eigenvalue weighted by molar-refractivity contribution is -0.305. The van der Waals surface area contributed by atoms with Crippen molar-refractivity contribution in [2.24, 2.45) is 0 Å². The minimum atomic E-state index is -1.49. The first-order valence-electron chi connectivity index (χ1n) is 4.51. The third-order valence-corrected chi connectivity index (χ3v) is 1.60. The fourth-order valence-electron chi connectivity index (χ4n) is 0.854. The van der Waals surface area contributed by atoms with Crippen molar-refractivity contribution < 1.29 is 24.9 Å². The molecule has 0 aromatic rings. The summed E-state index contributed by atoms with van der Waals surface area (Å²) < 4.78 is 0. The van der Waals surface area contributed by atoms with Gasteiger partial charge in [-0.15, -0.1) is 0 Å². The molecule has 0 heterocycles. The Morgan fingerprint density at radius 1 is 1.20 bits per heavy atom. The molecule has 0 fully saturated rings. The van der Waals surface area contributed by atoms with Crippen LogP contribution in [0.1, 0.15) is 25.7 Å². The van der Waals surface area contributed by atoms with E-state index in [2.05, 4.69) is 0 Å². The van der Waals surface area contributed by atoms with Crippen molar-refractivity contribution in [3.8, 4) is 0 Å². The fraction of sp³-hybridized carbons (Fsp3) is 0.400. The molecular formula is C10H12O5-2. The number of carbonyl (C=O) groups is 2. The third kappa shape index (κ3) is 8.55. The zero-order valence-electron chi connectivity index (χ0n) is 8.14. The Kier molecular flexibility index (Phi) is 6.70. The minimum absolute atomic E-state index is 0.0195. The molecule has 0 aromatic carbocycles. The highest BCUT2D eigenvalue weighted by Gasteiger charge is 1.89. The van der Waals surface area contributed by atoms with E-state index in [1.165, 1.54) is 6.08 Å². The molecule has 0 aromatic heterocycles. The van der Waals surface area contributed by atoms with Crippen LogP contribution in [0.2, 0.25) is 0 Å². The molecule has 5 heteroatoms. The van der Waals surface area contributed by atoms with Crippen molar-refractivity contribution in [1.29, 1.82) is 0 Å². The Morgan fingerprint density at radius 3 is 2.40 bits per heavy atom. The topological polar surface area (TPSA) is 100 Å². The van der Waals surface area contributed by atoms with Gasteiger partial charge in [0.1, 0.15) is 0 Å². The maximum atomic E-state index is 10.5. The van der Waals surface area contributed by atoms with Gasteiger partial charge in [0.25, 0.3) is 0 Å². The van der Waals surface area contributed by atoms with Gasteiger partial charge in [0.15, 0.2) is 0 Å². The van der Waals surface area contributed by atoms with Gasteiger partial charge in [-0.1, -0.05) is 18.2 Å². The molecule has 0 bridgehead atoms.